The number of nitrogens with zero attached hydrogens (tertiary/aromatic N) is 1. The number of ether oxygens (including phenoxy) is 1. The third-order valence-electron chi connectivity index (χ3n) is 5.11. The summed E-state index contributed by atoms with van der Waals surface area (Å²) in [4.78, 5) is 35.9. The van der Waals surface area contributed by atoms with E-state index in [9.17, 15) is 19.0 Å². The molecule has 1 atom stereocenters. The van der Waals surface area contributed by atoms with Crippen LogP contribution in [0, 0.1) is 0 Å². The molecule has 4 N–H and O–H groups in total. The van der Waals surface area contributed by atoms with Crippen LogP contribution in [0.2, 0.25) is 0 Å². The predicted octanol–water partition coefficient (Wildman–Crippen LogP) is 4.94. The number of amides is 2. The number of carbonyl (C=O) groups excluding carboxylic acids is 2. The maximum Gasteiger partial charge on any atom is 0.410 e. The number of carbonyl (C=O) groups is 2. The molecule has 3 rings (SSSR count). The van der Waals surface area contributed by atoms with Gasteiger partial charge in [0.15, 0.2) is 0 Å². The molecule has 0 saturated heterocycles. The van der Waals surface area contributed by atoms with Crippen molar-refractivity contribution in [3.63, 3.8) is 0 Å². The van der Waals surface area contributed by atoms with Crippen molar-refractivity contribution in [2.45, 2.75) is 13.5 Å². The van der Waals surface area contributed by atoms with E-state index in [2.05, 4.69) is 5.32 Å². The van der Waals surface area contributed by atoms with Gasteiger partial charge in [-0.25, -0.2) is 4.79 Å². The standard InChI is InChI=1S/C25H28N3O6P/c1-3-34-35(31,32)17-28(25(30)33-2)16-18-9-11-20(12-10-18)24(29)27-23-15-21(13-14-22(23)26)19-7-5-4-6-8-19/h4-15H,3,16-17,26H2,1-2H3,(H,27,29)(H,31,32). The molecular formula is C25H28N3O6P. The fourth-order valence-corrected chi connectivity index (χ4v) is 4.54. The summed E-state index contributed by atoms with van der Waals surface area (Å²) in [5.41, 5.74) is 9.93. The Morgan fingerprint density at radius 2 is 1.71 bits per heavy atom. The molecule has 0 saturated carbocycles. The van der Waals surface area contributed by atoms with Crippen molar-refractivity contribution in [3.8, 4) is 11.1 Å². The minimum absolute atomic E-state index is 0.00172. The Bertz CT molecular complexity index is 1220. The van der Waals surface area contributed by atoms with E-state index in [0.29, 0.717) is 22.5 Å². The van der Waals surface area contributed by atoms with Crippen LogP contribution in [0.1, 0.15) is 22.8 Å². The van der Waals surface area contributed by atoms with E-state index in [0.717, 1.165) is 16.0 Å². The van der Waals surface area contributed by atoms with Crippen molar-refractivity contribution in [3.05, 3.63) is 83.9 Å². The minimum atomic E-state index is -4.00. The lowest BCUT2D eigenvalue weighted by atomic mass is 10.0. The Balaban J connectivity index is 1.72. The summed E-state index contributed by atoms with van der Waals surface area (Å²) in [6, 6.07) is 21.7. The average molecular weight is 497 g/mol. The molecule has 0 bridgehead atoms. The first kappa shape index (κ1) is 26.0. The molecule has 0 heterocycles. The molecule has 0 spiro atoms. The molecule has 3 aromatic rings. The summed E-state index contributed by atoms with van der Waals surface area (Å²) in [5.74, 6) is -0.352. The van der Waals surface area contributed by atoms with Crippen LogP contribution >= 0.6 is 7.60 Å². The summed E-state index contributed by atoms with van der Waals surface area (Å²) < 4.78 is 21.7. The summed E-state index contributed by atoms with van der Waals surface area (Å²) in [5, 5.41) is 2.83. The van der Waals surface area contributed by atoms with Crippen molar-refractivity contribution in [1.29, 1.82) is 0 Å². The molecule has 2 amide bonds. The highest BCUT2D eigenvalue weighted by Crippen LogP contribution is 2.42. The fraction of sp³-hybridized carbons (Fsp3) is 0.200. The van der Waals surface area contributed by atoms with Gasteiger partial charge in [0.25, 0.3) is 5.91 Å². The number of anilines is 2. The number of nitrogens with one attached hydrogen (secondary N) is 1. The van der Waals surface area contributed by atoms with Crippen LogP contribution in [0.25, 0.3) is 11.1 Å². The third kappa shape index (κ3) is 7.16. The van der Waals surface area contributed by atoms with Crippen LogP contribution in [-0.4, -0.2) is 41.8 Å². The summed E-state index contributed by atoms with van der Waals surface area (Å²) >= 11 is 0. The number of nitrogen functional groups attached to an aromatic ring is 1. The van der Waals surface area contributed by atoms with E-state index in [1.165, 1.54) is 7.11 Å². The first-order valence-electron chi connectivity index (χ1n) is 10.9. The van der Waals surface area contributed by atoms with Gasteiger partial charge < -0.3 is 25.2 Å². The van der Waals surface area contributed by atoms with E-state index in [1.807, 2.05) is 42.5 Å². The third-order valence-corrected chi connectivity index (χ3v) is 6.47. The normalized spacial score (nSPS) is 12.4. The zero-order valence-corrected chi connectivity index (χ0v) is 20.4. The van der Waals surface area contributed by atoms with E-state index in [1.54, 1.807) is 37.3 Å². The molecule has 0 fully saturated rings. The van der Waals surface area contributed by atoms with E-state index in [4.69, 9.17) is 15.0 Å². The fourth-order valence-electron chi connectivity index (χ4n) is 3.41. The second kappa shape index (κ2) is 11.7. The smallest absolute Gasteiger partial charge is 0.410 e. The van der Waals surface area contributed by atoms with Crippen LogP contribution in [-0.2, 0) is 20.4 Å². The van der Waals surface area contributed by atoms with Crippen molar-refractivity contribution in [1.82, 2.24) is 4.90 Å². The second-order valence-electron chi connectivity index (χ2n) is 7.68. The number of benzene rings is 3. The van der Waals surface area contributed by atoms with E-state index >= 15 is 0 Å². The molecule has 0 aliphatic heterocycles. The molecule has 3 aromatic carbocycles. The number of rotatable bonds is 9. The topological polar surface area (TPSA) is 131 Å². The Labute approximate surface area is 204 Å². The molecule has 9 nitrogen and oxygen atoms in total. The lowest BCUT2D eigenvalue weighted by Gasteiger charge is -2.23. The van der Waals surface area contributed by atoms with Gasteiger partial charge in [-0.1, -0.05) is 48.5 Å². The molecule has 35 heavy (non-hydrogen) atoms. The maximum absolute atomic E-state index is 12.8. The lowest BCUT2D eigenvalue weighted by molar-refractivity contribution is 0.102. The lowest BCUT2D eigenvalue weighted by Crippen LogP contribution is -2.31. The molecule has 0 aliphatic rings. The van der Waals surface area contributed by atoms with Gasteiger partial charge in [-0.15, -0.1) is 0 Å². The molecule has 0 aromatic heterocycles. The molecule has 0 radical (unpaired) electrons. The van der Waals surface area contributed by atoms with Gasteiger partial charge in [-0.2, -0.15) is 0 Å². The van der Waals surface area contributed by atoms with Gasteiger partial charge in [-0.3, -0.25) is 14.3 Å². The molecule has 10 heteroatoms. The van der Waals surface area contributed by atoms with Gasteiger partial charge in [0.1, 0.15) is 6.29 Å². The first-order chi connectivity index (χ1) is 16.7. The molecule has 1 unspecified atom stereocenters. The summed E-state index contributed by atoms with van der Waals surface area (Å²) in [7, 11) is -2.81. The quantitative estimate of drug-likeness (QED) is 0.282. The zero-order valence-electron chi connectivity index (χ0n) is 19.5. The average Bonchev–Trinajstić information content (AvgIpc) is 2.85. The van der Waals surface area contributed by atoms with Gasteiger partial charge in [-0.05, 0) is 47.9 Å². The highest BCUT2D eigenvalue weighted by Gasteiger charge is 2.27. The van der Waals surface area contributed by atoms with E-state index < -0.39 is 20.0 Å². The van der Waals surface area contributed by atoms with Crippen molar-refractivity contribution >= 4 is 31.0 Å². The number of hydrogen-bond acceptors (Lipinski definition) is 6. The number of hydrogen-bond donors (Lipinski definition) is 3. The second-order valence-corrected chi connectivity index (χ2v) is 9.50. The summed E-state index contributed by atoms with van der Waals surface area (Å²) in [6.45, 7) is 1.62. The Morgan fingerprint density at radius 3 is 2.34 bits per heavy atom. The first-order valence-corrected chi connectivity index (χ1v) is 12.6. The van der Waals surface area contributed by atoms with Crippen molar-refractivity contribution < 1.29 is 28.3 Å². The van der Waals surface area contributed by atoms with Crippen molar-refractivity contribution in [2.24, 2.45) is 0 Å². The Morgan fingerprint density at radius 1 is 1.03 bits per heavy atom. The largest absolute Gasteiger partial charge is 0.453 e. The van der Waals surface area contributed by atoms with Gasteiger partial charge in [0, 0.05) is 12.1 Å². The van der Waals surface area contributed by atoms with E-state index in [-0.39, 0.29) is 19.1 Å². The van der Waals surface area contributed by atoms with Gasteiger partial charge >= 0.3 is 13.7 Å². The molecule has 0 aliphatic carbocycles. The summed E-state index contributed by atoms with van der Waals surface area (Å²) in [6.07, 6.45) is -1.29. The van der Waals surface area contributed by atoms with Crippen LogP contribution in [0.4, 0.5) is 16.2 Å². The Hall–Kier alpha value is -3.65. The SMILES string of the molecule is CCOP(=O)(O)CN(Cc1ccc(C(=O)Nc2cc(-c3ccccc3)ccc2N)cc1)C(=O)OC. The van der Waals surface area contributed by atoms with Crippen molar-refractivity contribution in [2.75, 3.05) is 31.1 Å². The minimum Gasteiger partial charge on any atom is -0.453 e. The van der Waals surface area contributed by atoms with Crippen LogP contribution in [0.3, 0.4) is 0 Å². The zero-order chi connectivity index (χ0) is 25.4. The van der Waals surface area contributed by atoms with Gasteiger partial charge in [0.05, 0.1) is 25.1 Å². The highest BCUT2D eigenvalue weighted by molar-refractivity contribution is 7.52. The Kier molecular flexibility index (Phi) is 8.65. The van der Waals surface area contributed by atoms with Crippen LogP contribution < -0.4 is 11.1 Å². The molecular weight excluding hydrogens is 469 g/mol. The molecule has 184 valence electrons. The monoisotopic (exact) mass is 497 g/mol. The number of nitrogens with two attached hydrogens (primary N) is 1. The number of methoxy groups -OCH3 is 1. The predicted molar refractivity (Wildman–Crippen MR) is 135 cm³/mol. The highest BCUT2D eigenvalue weighted by atomic mass is 31.2. The van der Waals surface area contributed by atoms with Gasteiger partial charge in [0.2, 0.25) is 0 Å². The van der Waals surface area contributed by atoms with Crippen LogP contribution in [0.5, 0.6) is 0 Å². The van der Waals surface area contributed by atoms with Crippen LogP contribution in [0.15, 0.2) is 72.8 Å². The maximum atomic E-state index is 12.8.